The summed E-state index contributed by atoms with van der Waals surface area (Å²) >= 11 is 3.40. The van der Waals surface area contributed by atoms with Gasteiger partial charge in [0.15, 0.2) is 0 Å². The number of likely N-dealkylation sites (tertiary alicyclic amines) is 1. The fourth-order valence-electron chi connectivity index (χ4n) is 3.47. The van der Waals surface area contributed by atoms with Gasteiger partial charge in [-0.05, 0) is 42.0 Å². The summed E-state index contributed by atoms with van der Waals surface area (Å²) in [5, 5.41) is 11.0. The summed E-state index contributed by atoms with van der Waals surface area (Å²) in [6.07, 6.45) is 0. The largest absolute Gasteiger partial charge is 0.507 e. The Bertz CT molecular complexity index is 1180. The number of carbonyl (C=O) groups excluding carboxylic acids is 2. The molecule has 0 bridgehead atoms. The lowest BCUT2D eigenvalue weighted by Crippen LogP contribution is -2.32. The molecule has 1 aliphatic heterocycles. The number of aliphatic hydroxyl groups is 1. The Kier molecular flexibility index (Phi) is 7.19. The average Bonchev–Trinajstić information content (AvgIpc) is 3.02. The molecule has 8 nitrogen and oxygen atoms in total. The van der Waals surface area contributed by atoms with E-state index in [1.165, 1.54) is 50.4 Å². The Balaban J connectivity index is 2.13. The van der Waals surface area contributed by atoms with E-state index in [9.17, 15) is 23.1 Å². The van der Waals surface area contributed by atoms with Gasteiger partial charge in [-0.3, -0.25) is 9.59 Å². The SMILES string of the molecule is COCCN1C(=O)C(=O)C(=C(O)c2ccc(S(=O)(=O)N(C)C)cc2)C1c1cccc(Br)c1. The van der Waals surface area contributed by atoms with Gasteiger partial charge in [-0.1, -0.05) is 28.1 Å². The quantitative estimate of drug-likeness (QED) is 0.340. The van der Waals surface area contributed by atoms with E-state index in [1.54, 1.807) is 18.2 Å². The Morgan fingerprint density at radius 3 is 2.38 bits per heavy atom. The molecule has 1 unspecified atom stereocenters. The Labute approximate surface area is 195 Å². The molecule has 0 aliphatic carbocycles. The predicted molar refractivity (Wildman–Crippen MR) is 122 cm³/mol. The zero-order valence-corrected chi connectivity index (χ0v) is 20.2. The van der Waals surface area contributed by atoms with Gasteiger partial charge < -0.3 is 14.7 Å². The zero-order chi connectivity index (χ0) is 23.6. The lowest BCUT2D eigenvalue weighted by atomic mass is 9.95. The number of hydrogen-bond acceptors (Lipinski definition) is 6. The minimum atomic E-state index is -3.65. The average molecular weight is 523 g/mol. The number of ketones is 1. The number of Topliss-reactive ketones (excluding diaryl/α,β-unsaturated/α-hetero) is 1. The fourth-order valence-corrected chi connectivity index (χ4v) is 4.79. The number of methoxy groups -OCH3 is 1. The van der Waals surface area contributed by atoms with Crippen molar-refractivity contribution in [3.05, 3.63) is 69.7 Å². The number of sulfonamides is 1. The second-order valence-corrected chi connectivity index (χ2v) is 10.4. The highest BCUT2D eigenvalue weighted by molar-refractivity contribution is 9.10. The van der Waals surface area contributed by atoms with Crippen molar-refractivity contribution in [1.82, 2.24) is 9.21 Å². The molecule has 2 aromatic rings. The van der Waals surface area contributed by atoms with E-state index >= 15 is 0 Å². The molecule has 1 fully saturated rings. The monoisotopic (exact) mass is 522 g/mol. The fraction of sp³-hybridized carbons (Fsp3) is 0.273. The van der Waals surface area contributed by atoms with Gasteiger partial charge >= 0.3 is 0 Å². The third kappa shape index (κ3) is 4.49. The van der Waals surface area contributed by atoms with Crippen LogP contribution < -0.4 is 0 Å². The number of amides is 1. The zero-order valence-electron chi connectivity index (χ0n) is 17.8. The molecular formula is C22H23BrN2O6S. The van der Waals surface area contributed by atoms with Crippen LogP contribution in [-0.4, -0.2) is 68.8 Å². The standard InChI is InChI=1S/C22H23BrN2O6S/c1-24(2)32(29,30)17-9-7-14(8-10-17)20(26)18-19(15-5-4-6-16(23)13-15)25(11-12-31-3)22(28)21(18)27/h4-10,13,19,26H,11-12H2,1-3H3. The van der Waals surface area contributed by atoms with Crippen LogP contribution in [0.2, 0.25) is 0 Å². The van der Waals surface area contributed by atoms with E-state index in [4.69, 9.17) is 4.74 Å². The van der Waals surface area contributed by atoms with Crippen LogP contribution in [0.1, 0.15) is 17.2 Å². The highest BCUT2D eigenvalue weighted by atomic mass is 79.9. The first-order valence-corrected chi connectivity index (χ1v) is 11.9. The van der Waals surface area contributed by atoms with Crippen LogP contribution in [0.15, 0.2) is 63.5 Å². The summed E-state index contributed by atoms with van der Waals surface area (Å²) in [5.41, 5.74) is 0.808. The van der Waals surface area contributed by atoms with Crippen molar-refractivity contribution in [3.8, 4) is 0 Å². The molecule has 1 atom stereocenters. The van der Waals surface area contributed by atoms with Crippen molar-refractivity contribution in [3.63, 3.8) is 0 Å². The van der Waals surface area contributed by atoms with Gasteiger partial charge in [-0.2, -0.15) is 0 Å². The number of ether oxygens (including phenoxy) is 1. The topological polar surface area (TPSA) is 104 Å². The molecule has 3 rings (SSSR count). The summed E-state index contributed by atoms with van der Waals surface area (Å²) in [7, 11) is 0.685. The third-order valence-electron chi connectivity index (χ3n) is 5.15. The molecule has 10 heteroatoms. The summed E-state index contributed by atoms with van der Waals surface area (Å²) < 4.78 is 31.5. The van der Waals surface area contributed by atoms with Crippen LogP contribution >= 0.6 is 15.9 Å². The van der Waals surface area contributed by atoms with Crippen LogP contribution in [0.5, 0.6) is 0 Å². The second-order valence-electron chi connectivity index (χ2n) is 7.35. The maximum atomic E-state index is 12.9. The number of carbonyl (C=O) groups is 2. The first-order valence-electron chi connectivity index (χ1n) is 9.65. The molecule has 1 amide bonds. The summed E-state index contributed by atoms with van der Waals surface area (Å²) in [5.74, 6) is -1.92. The molecule has 1 heterocycles. The van der Waals surface area contributed by atoms with Crippen molar-refractivity contribution >= 4 is 43.4 Å². The molecule has 2 aromatic carbocycles. The first-order chi connectivity index (χ1) is 15.1. The number of benzene rings is 2. The van der Waals surface area contributed by atoms with Gasteiger partial charge in [0.05, 0.1) is 23.1 Å². The van der Waals surface area contributed by atoms with Crippen molar-refractivity contribution in [2.24, 2.45) is 0 Å². The third-order valence-corrected chi connectivity index (χ3v) is 7.47. The van der Waals surface area contributed by atoms with Gasteiger partial charge in [0.1, 0.15) is 5.76 Å². The summed E-state index contributed by atoms with van der Waals surface area (Å²) in [6, 6.07) is 11.8. The number of hydrogen-bond donors (Lipinski definition) is 1. The van der Waals surface area contributed by atoms with Gasteiger partial charge in [0, 0.05) is 37.8 Å². The predicted octanol–water partition coefficient (Wildman–Crippen LogP) is 2.77. The van der Waals surface area contributed by atoms with Crippen LogP contribution in [0.25, 0.3) is 5.76 Å². The Hall–Kier alpha value is -2.53. The summed E-state index contributed by atoms with van der Waals surface area (Å²) in [6.45, 7) is 0.379. The van der Waals surface area contributed by atoms with E-state index in [1.807, 2.05) is 6.07 Å². The molecular weight excluding hydrogens is 500 g/mol. The van der Waals surface area contributed by atoms with Crippen molar-refractivity contribution < 1.29 is 27.9 Å². The second kappa shape index (κ2) is 9.53. The normalized spacial score (nSPS) is 18.5. The maximum Gasteiger partial charge on any atom is 0.295 e. The van der Waals surface area contributed by atoms with Crippen LogP contribution in [0.4, 0.5) is 0 Å². The molecule has 1 aliphatic rings. The molecule has 0 radical (unpaired) electrons. The highest BCUT2D eigenvalue weighted by Crippen LogP contribution is 2.40. The van der Waals surface area contributed by atoms with Crippen molar-refractivity contribution in [1.29, 1.82) is 0 Å². The van der Waals surface area contributed by atoms with Gasteiger partial charge in [-0.25, -0.2) is 12.7 Å². The lowest BCUT2D eigenvalue weighted by molar-refractivity contribution is -0.140. The number of halogens is 1. The Morgan fingerprint density at radius 2 is 1.81 bits per heavy atom. The molecule has 0 aromatic heterocycles. The lowest BCUT2D eigenvalue weighted by Gasteiger charge is -2.25. The minimum Gasteiger partial charge on any atom is -0.507 e. The van der Waals surface area contributed by atoms with Gasteiger partial charge in [0.25, 0.3) is 11.7 Å². The molecule has 1 saturated heterocycles. The molecule has 32 heavy (non-hydrogen) atoms. The molecule has 170 valence electrons. The number of nitrogens with zero attached hydrogens (tertiary/aromatic N) is 2. The number of rotatable bonds is 7. The van der Waals surface area contributed by atoms with E-state index in [0.717, 1.165) is 8.78 Å². The summed E-state index contributed by atoms with van der Waals surface area (Å²) in [4.78, 5) is 27.1. The number of aliphatic hydroxyl groups excluding tert-OH is 1. The Morgan fingerprint density at radius 1 is 1.16 bits per heavy atom. The minimum absolute atomic E-state index is 0.0446. The van der Waals surface area contributed by atoms with Crippen LogP contribution in [-0.2, 0) is 24.3 Å². The van der Waals surface area contributed by atoms with Crippen LogP contribution in [0, 0.1) is 0 Å². The van der Waals surface area contributed by atoms with E-state index in [2.05, 4.69) is 15.9 Å². The highest BCUT2D eigenvalue weighted by Gasteiger charge is 2.45. The van der Waals surface area contributed by atoms with Gasteiger partial charge in [0.2, 0.25) is 10.0 Å². The molecule has 1 N–H and O–H groups in total. The maximum absolute atomic E-state index is 12.9. The van der Waals surface area contributed by atoms with E-state index in [-0.39, 0.29) is 34.9 Å². The van der Waals surface area contributed by atoms with Crippen molar-refractivity contribution in [2.45, 2.75) is 10.9 Å². The van der Waals surface area contributed by atoms with E-state index < -0.39 is 27.8 Å². The smallest absolute Gasteiger partial charge is 0.295 e. The molecule has 0 spiro atoms. The van der Waals surface area contributed by atoms with E-state index in [0.29, 0.717) is 5.56 Å². The molecule has 0 saturated carbocycles. The first kappa shape index (κ1) is 24.1. The van der Waals surface area contributed by atoms with Crippen LogP contribution in [0.3, 0.4) is 0 Å². The van der Waals surface area contributed by atoms with Gasteiger partial charge in [-0.15, -0.1) is 0 Å². The van der Waals surface area contributed by atoms with Crippen molar-refractivity contribution in [2.75, 3.05) is 34.4 Å².